The van der Waals surface area contributed by atoms with E-state index in [4.69, 9.17) is 21.3 Å². The van der Waals surface area contributed by atoms with Crippen LogP contribution in [0.4, 0.5) is 26.3 Å². The number of benzene rings is 1. The Kier molecular flexibility index (Phi) is 19.8. The predicted octanol–water partition coefficient (Wildman–Crippen LogP) is 11.3. The van der Waals surface area contributed by atoms with E-state index in [-0.39, 0.29) is 17.0 Å². The number of rotatable bonds is 0. The van der Waals surface area contributed by atoms with E-state index in [2.05, 4.69) is 34.6 Å². The monoisotopic (exact) mass is 845 g/mol. The van der Waals surface area contributed by atoms with E-state index in [1.54, 1.807) is 39.6 Å². The van der Waals surface area contributed by atoms with Crippen molar-refractivity contribution in [2.75, 3.05) is 14.1 Å². The molecule has 0 aliphatic carbocycles. The van der Waals surface area contributed by atoms with Crippen LogP contribution in [-0.4, -0.2) is 49.6 Å². The molecular formula is C43H50ClF6N7O2. The summed E-state index contributed by atoms with van der Waals surface area (Å²) in [6.45, 7) is 20.5. The van der Waals surface area contributed by atoms with Crippen molar-refractivity contribution < 1.29 is 35.6 Å². The molecule has 0 radical (unpaired) electrons. The van der Waals surface area contributed by atoms with E-state index in [1.165, 1.54) is 60.0 Å². The summed E-state index contributed by atoms with van der Waals surface area (Å²) in [6, 6.07) is 13.0. The molecule has 0 saturated carbocycles. The number of aryl methyl sites for hydroxylation is 8. The predicted molar refractivity (Wildman–Crippen MR) is 218 cm³/mol. The molecule has 0 saturated heterocycles. The number of carbonyl (C=O) groups is 1. The first-order valence-electron chi connectivity index (χ1n) is 17.7. The van der Waals surface area contributed by atoms with Crippen LogP contribution in [0, 0.1) is 66.7 Å². The summed E-state index contributed by atoms with van der Waals surface area (Å²) in [7, 11) is 5.05. The molecule has 0 bridgehead atoms. The van der Waals surface area contributed by atoms with Crippen LogP contribution in [0.2, 0.25) is 5.15 Å². The van der Waals surface area contributed by atoms with Crippen LogP contribution in [-0.2, 0) is 24.2 Å². The van der Waals surface area contributed by atoms with Crippen LogP contribution in [0.1, 0.15) is 68.6 Å². The zero-order valence-corrected chi connectivity index (χ0v) is 36.0. The number of carbonyl (C=O) groups excluding carboxylic acids is 1. The number of hydrogen-bond acceptors (Lipinski definition) is 7. The summed E-state index contributed by atoms with van der Waals surface area (Å²) in [5.41, 5.74) is 5.20. The van der Waals surface area contributed by atoms with Gasteiger partial charge < -0.3 is 9.32 Å². The molecule has 0 fully saturated rings. The number of amides is 1. The summed E-state index contributed by atoms with van der Waals surface area (Å²) < 4.78 is 79.0. The van der Waals surface area contributed by atoms with Crippen molar-refractivity contribution in [3.8, 4) is 6.07 Å². The molecule has 16 heteroatoms. The first-order chi connectivity index (χ1) is 27.2. The van der Waals surface area contributed by atoms with Gasteiger partial charge >= 0.3 is 12.4 Å². The van der Waals surface area contributed by atoms with Crippen LogP contribution >= 0.6 is 11.6 Å². The third-order valence-corrected chi connectivity index (χ3v) is 8.64. The van der Waals surface area contributed by atoms with Crippen molar-refractivity contribution in [3.05, 3.63) is 158 Å². The molecule has 5 aromatic rings. The van der Waals surface area contributed by atoms with Gasteiger partial charge in [0.05, 0.1) is 23.5 Å². The summed E-state index contributed by atoms with van der Waals surface area (Å²) in [6.07, 6.45) is -0.328. The number of halogens is 7. The number of nitriles is 1. The van der Waals surface area contributed by atoms with E-state index in [9.17, 15) is 31.1 Å². The first kappa shape index (κ1) is 51.1. The fourth-order valence-electron chi connectivity index (χ4n) is 4.56. The molecule has 1 aliphatic heterocycles. The van der Waals surface area contributed by atoms with Gasteiger partial charge in [0.25, 0.3) is 5.91 Å². The quantitative estimate of drug-likeness (QED) is 0.113. The van der Waals surface area contributed by atoms with Crippen LogP contribution in [0.25, 0.3) is 0 Å². The molecule has 0 N–H and O–H groups in total. The summed E-state index contributed by atoms with van der Waals surface area (Å²) in [5.74, 6) is 1.76. The van der Waals surface area contributed by atoms with Gasteiger partial charge in [-0.1, -0.05) is 41.9 Å². The largest absolute Gasteiger partial charge is 0.469 e. The number of alkyl halides is 6. The van der Waals surface area contributed by atoms with Gasteiger partial charge in [-0.05, 0) is 114 Å². The minimum atomic E-state index is -4.45. The van der Waals surface area contributed by atoms with Gasteiger partial charge in [-0.25, -0.2) is 4.98 Å². The topological polar surface area (TPSA) is 104 Å². The molecule has 1 aliphatic rings. The molecule has 318 valence electrons. The minimum Gasteiger partial charge on any atom is -0.469 e. The number of furan rings is 1. The molecule has 0 unspecified atom stereocenters. The highest BCUT2D eigenvalue weighted by Gasteiger charge is 2.35. The molecule has 4 aromatic heterocycles. The van der Waals surface area contributed by atoms with Crippen LogP contribution in [0.5, 0.6) is 0 Å². The Morgan fingerprint density at radius 1 is 0.814 bits per heavy atom. The number of aromatic nitrogens is 4. The summed E-state index contributed by atoms with van der Waals surface area (Å²) in [4.78, 5) is 22.5. The maximum atomic E-state index is 12.3. The van der Waals surface area contributed by atoms with Gasteiger partial charge in [0.1, 0.15) is 16.7 Å². The van der Waals surface area contributed by atoms with Gasteiger partial charge in [0.15, 0.2) is 5.69 Å². The molecule has 0 spiro atoms. The fourth-order valence-corrected chi connectivity index (χ4v) is 4.67. The molecule has 59 heavy (non-hydrogen) atoms. The second-order valence-electron chi connectivity index (χ2n) is 13.4. The summed E-state index contributed by atoms with van der Waals surface area (Å²) in [5, 5.41) is 12.3. The van der Waals surface area contributed by atoms with Crippen molar-refractivity contribution in [1.82, 2.24) is 29.5 Å². The second-order valence-corrected chi connectivity index (χ2v) is 13.7. The molecule has 9 nitrogen and oxygen atoms in total. The highest BCUT2D eigenvalue weighted by atomic mass is 35.5. The fraction of sp³-hybridized carbons (Fsp3) is 0.326. The number of nitrogens with zero attached hydrogens (tertiary/aromatic N) is 7. The van der Waals surface area contributed by atoms with Gasteiger partial charge in [-0.3, -0.25) is 19.4 Å². The lowest BCUT2D eigenvalue weighted by Gasteiger charge is -2.31. The van der Waals surface area contributed by atoms with E-state index in [1.807, 2.05) is 71.0 Å². The third-order valence-electron chi connectivity index (χ3n) is 8.24. The standard InChI is InChI=1S/C9H6F3N.C8H12N2O.C7H9N.C7H10O.C6H6ClN.C6H7F3N2/c1-6-2-3-7(5-13)8(4-6)9(10,11)12;1-6-5-9(3)7(2)10(4)8(6)11;1-6-3-4-7(2)8-5-6;1-5-4-8-7(3)6(5)2;1-5-3-2-4-8-6(5)7;1-4-3-11(2)10-5(4)6(7,8)9/h2-4H,1H3;5H,2H2,1,3-4H3;3-5H,1-2H3;4H,1-3H3;2-4H,1H3;3H,1-2H3. The van der Waals surface area contributed by atoms with Crippen LogP contribution < -0.4 is 0 Å². The highest BCUT2D eigenvalue weighted by molar-refractivity contribution is 6.30. The Morgan fingerprint density at radius 2 is 1.42 bits per heavy atom. The number of pyridine rings is 2. The maximum absolute atomic E-state index is 12.3. The molecule has 5 heterocycles. The smallest absolute Gasteiger partial charge is 0.435 e. The van der Waals surface area contributed by atoms with Gasteiger partial charge in [-0.2, -0.15) is 36.7 Å². The number of hydrogen-bond donors (Lipinski definition) is 0. The lowest BCUT2D eigenvalue weighted by Crippen LogP contribution is -2.37. The van der Waals surface area contributed by atoms with Crippen molar-refractivity contribution in [2.45, 2.75) is 74.7 Å². The first-order valence-corrected chi connectivity index (χ1v) is 18.1. The van der Waals surface area contributed by atoms with Crippen molar-refractivity contribution in [2.24, 2.45) is 7.05 Å². The van der Waals surface area contributed by atoms with E-state index >= 15 is 0 Å². The lowest BCUT2D eigenvalue weighted by atomic mass is 10.1. The Bertz CT molecular complexity index is 2160. The maximum Gasteiger partial charge on any atom is 0.435 e. The molecule has 0 atom stereocenters. The highest BCUT2D eigenvalue weighted by Crippen LogP contribution is 2.32. The Hall–Kier alpha value is -5.88. The molecule has 6 rings (SSSR count). The Balaban J connectivity index is 0.000000357. The van der Waals surface area contributed by atoms with E-state index in [0.29, 0.717) is 16.5 Å². The Morgan fingerprint density at radius 3 is 1.78 bits per heavy atom. The SMILES string of the molecule is C=C1N(C)C=C(C)C(=O)N1C.Cc1ccc(C#N)c(C(F)(F)F)c1.Cc1ccc(C)nc1.Cc1cccnc1Cl.Cc1cn(C)nc1C(F)(F)F.Cc1coc(C)c1C. The minimum absolute atomic E-state index is 0.0214. The normalized spacial score (nSPS) is 12.1. The zero-order valence-electron chi connectivity index (χ0n) is 35.2. The molecule has 1 aromatic carbocycles. The van der Waals surface area contributed by atoms with Crippen molar-refractivity contribution >= 4 is 17.5 Å². The molecule has 1 amide bonds. The van der Waals surface area contributed by atoms with Gasteiger partial charge in [0, 0.05) is 57.2 Å². The van der Waals surface area contributed by atoms with Gasteiger partial charge in [0.2, 0.25) is 0 Å². The molecular weight excluding hydrogens is 796 g/mol. The van der Waals surface area contributed by atoms with Crippen molar-refractivity contribution in [1.29, 1.82) is 5.26 Å². The van der Waals surface area contributed by atoms with Crippen LogP contribution in [0.3, 0.4) is 0 Å². The van der Waals surface area contributed by atoms with E-state index in [0.717, 1.165) is 33.3 Å². The van der Waals surface area contributed by atoms with E-state index < -0.39 is 23.6 Å². The zero-order chi connectivity index (χ0) is 45.4. The Labute approximate surface area is 347 Å². The lowest BCUT2D eigenvalue weighted by molar-refractivity contribution is -0.142. The number of likely N-dealkylation sites (N-methyl/N-ethyl adjacent to an activating group) is 1. The second kappa shape index (κ2) is 22.9. The average Bonchev–Trinajstić information content (AvgIpc) is 3.67. The third kappa shape index (κ3) is 17.3. The van der Waals surface area contributed by atoms with Crippen LogP contribution in [0.15, 0.2) is 95.9 Å². The van der Waals surface area contributed by atoms with Gasteiger partial charge in [-0.15, -0.1) is 0 Å². The average molecular weight is 846 g/mol. The summed E-state index contributed by atoms with van der Waals surface area (Å²) >= 11 is 5.60. The van der Waals surface area contributed by atoms with Crippen molar-refractivity contribution in [3.63, 3.8) is 0 Å².